The van der Waals surface area contributed by atoms with E-state index in [1.807, 2.05) is 12.1 Å². The van der Waals surface area contributed by atoms with Crippen LogP contribution >= 0.6 is 0 Å². The Hall–Kier alpha value is -1.80. The molecule has 0 spiro atoms. The number of phenolic OH excluding ortho intramolecular Hbond substituents is 1. The van der Waals surface area contributed by atoms with Crippen molar-refractivity contribution in [3.63, 3.8) is 0 Å². The molecule has 2 N–H and O–H groups in total. The lowest BCUT2D eigenvalue weighted by atomic mass is 9.53. The van der Waals surface area contributed by atoms with Crippen molar-refractivity contribution in [1.29, 1.82) is 0 Å². The van der Waals surface area contributed by atoms with Crippen molar-refractivity contribution >= 4 is 0 Å². The number of aliphatic hydroxyl groups is 1. The number of benzene rings is 2. The topological polar surface area (TPSA) is 40.5 Å². The van der Waals surface area contributed by atoms with Crippen LogP contribution in [-0.4, -0.2) is 15.8 Å². The number of aryl methyl sites for hydroxylation is 1. The summed E-state index contributed by atoms with van der Waals surface area (Å²) in [7, 11) is 0. The Bertz CT molecular complexity index is 969. The summed E-state index contributed by atoms with van der Waals surface area (Å²) in [5.74, 6) is 2.24. The van der Waals surface area contributed by atoms with Crippen molar-refractivity contribution in [2.24, 2.45) is 17.3 Å². The summed E-state index contributed by atoms with van der Waals surface area (Å²) in [5.41, 5.74) is 4.97. The molecule has 2 aromatic carbocycles. The minimum absolute atomic E-state index is 0.00864. The van der Waals surface area contributed by atoms with Gasteiger partial charge >= 0.3 is 0 Å². The molecule has 0 heterocycles. The quantitative estimate of drug-likeness (QED) is 0.583. The zero-order chi connectivity index (χ0) is 22.0. The van der Waals surface area contributed by atoms with E-state index in [9.17, 15) is 10.2 Å². The maximum atomic E-state index is 12.0. The summed E-state index contributed by atoms with van der Waals surface area (Å²) in [6.45, 7) is 9.14. The first-order chi connectivity index (χ1) is 14.6. The number of phenols is 1. The average Bonchev–Trinajstić information content (AvgIpc) is 2.98. The van der Waals surface area contributed by atoms with Gasteiger partial charge in [0.1, 0.15) is 5.75 Å². The summed E-state index contributed by atoms with van der Waals surface area (Å²) in [5, 5.41) is 21.9. The molecule has 2 heteroatoms. The van der Waals surface area contributed by atoms with Gasteiger partial charge in [-0.05, 0) is 101 Å². The third-order valence-corrected chi connectivity index (χ3v) is 9.35. The standard InChI is InChI=1S/C29H38O2/c1-27(2,3)21-8-5-19(6-9-21)18-29(31)16-14-26-25-11-7-20-17-22(30)10-12-23(20)24(25)13-15-28(26,29)4/h5-6,8-10,12,17,24-26,30-31H,7,11,13-16,18H2,1-4H3. The number of hydrogen-bond donors (Lipinski definition) is 2. The number of rotatable bonds is 2. The Morgan fingerprint density at radius 3 is 2.42 bits per heavy atom. The molecular weight excluding hydrogens is 380 g/mol. The zero-order valence-electron chi connectivity index (χ0n) is 19.6. The van der Waals surface area contributed by atoms with Gasteiger partial charge in [0.15, 0.2) is 0 Å². The third kappa shape index (κ3) is 3.33. The normalized spacial score (nSPS) is 34.7. The number of fused-ring (bicyclic) bond motifs is 5. The molecular formula is C29H38O2. The summed E-state index contributed by atoms with van der Waals surface area (Å²) in [4.78, 5) is 0. The predicted octanol–water partition coefficient (Wildman–Crippen LogP) is 6.52. The van der Waals surface area contributed by atoms with E-state index < -0.39 is 5.60 Å². The fourth-order valence-corrected chi connectivity index (χ4v) is 7.43. The highest BCUT2D eigenvalue weighted by Gasteiger charge is 2.61. The molecule has 31 heavy (non-hydrogen) atoms. The van der Waals surface area contributed by atoms with Gasteiger partial charge in [0.2, 0.25) is 0 Å². The van der Waals surface area contributed by atoms with Gasteiger partial charge in [0.25, 0.3) is 0 Å². The second kappa shape index (κ2) is 7.10. The number of hydrogen-bond acceptors (Lipinski definition) is 2. The van der Waals surface area contributed by atoms with Crippen LogP contribution in [0.25, 0.3) is 0 Å². The van der Waals surface area contributed by atoms with Crippen molar-refractivity contribution in [2.45, 2.75) is 89.6 Å². The first-order valence-electron chi connectivity index (χ1n) is 12.2. The van der Waals surface area contributed by atoms with Crippen LogP contribution in [0.5, 0.6) is 5.75 Å². The molecule has 0 amide bonds. The summed E-state index contributed by atoms with van der Waals surface area (Å²) in [6.07, 6.45) is 7.33. The van der Waals surface area contributed by atoms with Crippen molar-refractivity contribution in [3.05, 3.63) is 64.7 Å². The number of aromatic hydroxyl groups is 1. The Morgan fingerprint density at radius 1 is 0.968 bits per heavy atom. The minimum Gasteiger partial charge on any atom is -0.508 e. The molecule has 3 aliphatic rings. The van der Waals surface area contributed by atoms with Gasteiger partial charge in [-0.2, -0.15) is 0 Å². The van der Waals surface area contributed by atoms with Gasteiger partial charge in [-0.1, -0.05) is 58.0 Å². The van der Waals surface area contributed by atoms with Gasteiger partial charge in [-0.3, -0.25) is 0 Å². The smallest absolute Gasteiger partial charge is 0.115 e. The molecule has 0 bridgehead atoms. The molecule has 0 saturated heterocycles. The van der Waals surface area contributed by atoms with Crippen molar-refractivity contribution in [3.8, 4) is 5.75 Å². The molecule has 5 unspecified atom stereocenters. The van der Waals surface area contributed by atoms with E-state index >= 15 is 0 Å². The average molecular weight is 419 g/mol. The van der Waals surface area contributed by atoms with Crippen LogP contribution in [0.15, 0.2) is 42.5 Å². The van der Waals surface area contributed by atoms with E-state index in [1.54, 1.807) is 0 Å². The fourth-order valence-electron chi connectivity index (χ4n) is 7.43. The van der Waals surface area contributed by atoms with Gasteiger partial charge in [-0.15, -0.1) is 0 Å². The van der Waals surface area contributed by atoms with E-state index in [0.29, 0.717) is 23.5 Å². The fraction of sp³-hybridized carbons (Fsp3) is 0.586. The third-order valence-electron chi connectivity index (χ3n) is 9.35. The molecule has 5 rings (SSSR count). The van der Waals surface area contributed by atoms with E-state index in [2.05, 4.69) is 58.0 Å². The minimum atomic E-state index is -0.610. The lowest BCUT2D eigenvalue weighted by molar-refractivity contribution is -0.102. The van der Waals surface area contributed by atoms with Gasteiger partial charge < -0.3 is 10.2 Å². The SMILES string of the molecule is CC(C)(C)c1ccc(CC2(O)CCC3C4CCc5cc(O)ccc5C4CCC32C)cc1. The van der Waals surface area contributed by atoms with Crippen LogP contribution in [0.1, 0.15) is 88.0 Å². The first kappa shape index (κ1) is 21.1. The van der Waals surface area contributed by atoms with Crippen molar-refractivity contribution in [2.75, 3.05) is 0 Å². The Kier molecular flexibility index (Phi) is 4.83. The predicted molar refractivity (Wildman–Crippen MR) is 127 cm³/mol. The highest BCUT2D eigenvalue weighted by atomic mass is 16.3. The Labute approximate surface area is 187 Å². The van der Waals surface area contributed by atoms with Crippen LogP contribution in [0, 0.1) is 17.3 Å². The van der Waals surface area contributed by atoms with E-state index in [4.69, 9.17) is 0 Å². The van der Waals surface area contributed by atoms with Gasteiger partial charge in [-0.25, -0.2) is 0 Å². The van der Waals surface area contributed by atoms with Gasteiger partial charge in [0.05, 0.1) is 5.60 Å². The van der Waals surface area contributed by atoms with E-state index in [0.717, 1.165) is 38.5 Å². The molecule has 5 atom stereocenters. The van der Waals surface area contributed by atoms with Crippen LogP contribution < -0.4 is 0 Å². The van der Waals surface area contributed by atoms with Crippen LogP contribution in [-0.2, 0) is 18.3 Å². The molecule has 0 radical (unpaired) electrons. The Balaban J connectivity index is 1.39. The second-order valence-corrected chi connectivity index (χ2v) is 11.9. The maximum absolute atomic E-state index is 12.0. The zero-order valence-corrected chi connectivity index (χ0v) is 19.6. The molecule has 2 saturated carbocycles. The monoisotopic (exact) mass is 418 g/mol. The molecule has 2 nitrogen and oxygen atoms in total. The maximum Gasteiger partial charge on any atom is 0.115 e. The molecule has 2 aromatic rings. The van der Waals surface area contributed by atoms with E-state index in [1.165, 1.54) is 28.7 Å². The lowest BCUT2D eigenvalue weighted by Gasteiger charge is -2.53. The van der Waals surface area contributed by atoms with Crippen molar-refractivity contribution < 1.29 is 10.2 Å². The summed E-state index contributed by atoms with van der Waals surface area (Å²) in [6, 6.07) is 15.0. The second-order valence-electron chi connectivity index (χ2n) is 11.9. The van der Waals surface area contributed by atoms with Crippen LogP contribution in [0.2, 0.25) is 0 Å². The molecule has 166 valence electrons. The highest BCUT2D eigenvalue weighted by molar-refractivity contribution is 5.40. The summed E-state index contributed by atoms with van der Waals surface area (Å²) >= 11 is 0. The molecule has 2 fully saturated rings. The van der Waals surface area contributed by atoms with Crippen LogP contribution in [0.3, 0.4) is 0 Å². The molecule has 0 aliphatic heterocycles. The first-order valence-corrected chi connectivity index (χ1v) is 12.2. The Morgan fingerprint density at radius 2 is 1.71 bits per heavy atom. The van der Waals surface area contributed by atoms with Crippen molar-refractivity contribution in [1.82, 2.24) is 0 Å². The van der Waals surface area contributed by atoms with Crippen LogP contribution in [0.4, 0.5) is 0 Å². The lowest BCUT2D eigenvalue weighted by Crippen LogP contribution is -2.51. The van der Waals surface area contributed by atoms with E-state index in [-0.39, 0.29) is 10.8 Å². The summed E-state index contributed by atoms with van der Waals surface area (Å²) < 4.78 is 0. The molecule has 0 aromatic heterocycles. The molecule has 3 aliphatic carbocycles. The highest BCUT2D eigenvalue weighted by Crippen LogP contribution is 2.64. The largest absolute Gasteiger partial charge is 0.508 e. The van der Waals surface area contributed by atoms with Gasteiger partial charge in [0, 0.05) is 6.42 Å².